The molecule has 12 heavy (non-hydrogen) atoms. The number of pyridine rings is 1. The number of nitrogens with zero attached hydrogens (tertiary/aromatic N) is 2. The minimum absolute atomic E-state index is 0.486. The molecule has 2 nitrogen and oxygen atoms in total. The van der Waals surface area contributed by atoms with Crippen LogP contribution in [0.1, 0.15) is 5.56 Å². The molecule has 0 spiro atoms. The lowest BCUT2D eigenvalue weighted by Crippen LogP contribution is -1.85. The van der Waals surface area contributed by atoms with Crippen molar-refractivity contribution in [2.45, 2.75) is 6.92 Å². The normalized spacial score (nSPS) is 10.9. The van der Waals surface area contributed by atoms with Crippen LogP contribution in [0.2, 0.25) is 10.2 Å². The molecule has 0 fully saturated rings. The second kappa shape index (κ2) is 2.64. The fourth-order valence-electron chi connectivity index (χ4n) is 1.20. The van der Waals surface area contributed by atoms with Gasteiger partial charge in [0.05, 0.1) is 5.02 Å². The quantitative estimate of drug-likeness (QED) is 0.640. The van der Waals surface area contributed by atoms with E-state index in [1.807, 2.05) is 17.4 Å². The molecule has 0 amide bonds. The molecular weight excluding hydrogens is 195 g/mol. The number of hydrogen-bond donors (Lipinski definition) is 0. The first-order chi connectivity index (χ1) is 5.66. The van der Waals surface area contributed by atoms with Crippen molar-refractivity contribution in [2.75, 3.05) is 0 Å². The molecule has 2 aromatic heterocycles. The summed E-state index contributed by atoms with van der Waals surface area (Å²) in [5.41, 5.74) is 1.87. The molecule has 0 aliphatic rings. The van der Waals surface area contributed by atoms with Crippen molar-refractivity contribution >= 4 is 28.8 Å². The van der Waals surface area contributed by atoms with Crippen LogP contribution < -0.4 is 0 Å². The van der Waals surface area contributed by atoms with Crippen LogP contribution in [-0.4, -0.2) is 9.38 Å². The monoisotopic (exact) mass is 200 g/mol. The predicted molar refractivity (Wildman–Crippen MR) is 49.9 cm³/mol. The molecule has 0 aromatic carbocycles. The SMILES string of the molecule is Cc1cc(Cl)cn2cc(Cl)nc12. The van der Waals surface area contributed by atoms with Crippen LogP contribution >= 0.6 is 23.2 Å². The second-order valence-corrected chi connectivity index (χ2v) is 3.46. The van der Waals surface area contributed by atoms with E-state index in [1.165, 1.54) is 0 Å². The topological polar surface area (TPSA) is 17.3 Å². The lowest BCUT2D eigenvalue weighted by Gasteiger charge is -1.97. The molecular formula is C8H6Cl2N2. The Labute approximate surface area is 79.7 Å². The maximum absolute atomic E-state index is 5.84. The van der Waals surface area contributed by atoms with Crippen LogP contribution in [-0.2, 0) is 0 Å². The molecule has 2 rings (SSSR count). The van der Waals surface area contributed by atoms with E-state index >= 15 is 0 Å². The van der Waals surface area contributed by atoms with E-state index in [1.54, 1.807) is 12.4 Å². The van der Waals surface area contributed by atoms with Crippen LogP contribution in [0.5, 0.6) is 0 Å². The molecule has 0 unspecified atom stereocenters. The van der Waals surface area contributed by atoms with Gasteiger partial charge in [-0.1, -0.05) is 23.2 Å². The summed E-state index contributed by atoms with van der Waals surface area (Å²) in [5, 5.41) is 1.18. The number of hydrogen-bond acceptors (Lipinski definition) is 1. The number of aromatic nitrogens is 2. The molecule has 0 radical (unpaired) electrons. The van der Waals surface area contributed by atoms with Crippen LogP contribution in [0.4, 0.5) is 0 Å². The van der Waals surface area contributed by atoms with E-state index in [4.69, 9.17) is 23.2 Å². The average Bonchev–Trinajstić information content (AvgIpc) is 2.29. The summed E-state index contributed by atoms with van der Waals surface area (Å²) < 4.78 is 1.82. The van der Waals surface area contributed by atoms with Crippen molar-refractivity contribution < 1.29 is 0 Å². The van der Waals surface area contributed by atoms with Crippen LogP contribution in [0.25, 0.3) is 5.65 Å². The Kier molecular flexibility index (Phi) is 1.74. The van der Waals surface area contributed by atoms with Crippen molar-refractivity contribution in [3.8, 4) is 0 Å². The summed E-state index contributed by atoms with van der Waals surface area (Å²) in [6.07, 6.45) is 3.51. The first-order valence-corrected chi connectivity index (χ1v) is 4.23. The Hall–Kier alpha value is -0.730. The molecule has 2 aromatic rings. The molecule has 0 aliphatic carbocycles. The lowest BCUT2D eigenvalue weighted by molar-refractivity contribution is 1.16. The third-order valence-electron chi connectivity index (χ3n) is 1.67. The largest absolute Gasteiger partial charge is 0.304 e. The number of halogens is 2. The zero-order valence-corrected chi connectivity index (χ0v) is 7.89. The van der Waals surface area contributed by atoms with Crippen molar-refractivity contribution in [1.82, 2.24) is 9.38 Å². The molecule has 4 heteroatoms. The second-order valence-electron chi connectivity index (χ2n) is 2.64. The molecule has 0 atom stereocenters. The predicted octanol–water partition coefficient (Wildman–Crippen LogP) is 2.95. The summed E-state index contributed by atoms with van der Waals surface area (Å²) in [5.74, 6) is 0. The van der Waals surface area contributed by atoms with Gasteiger partial charge in [0, 0.05) is 12.4 Å². The minimum atomic E-state index is 0.486. The highest BCUT2D eigenvalue weighted by molar-refractivity contribution is 6.31. The Bertz CT molecular complexity index is 434. The van der Waals surface area contributed by atoms with Gasteiger partial charge in [-0.15, -0.1) is 0 Å². The Morgan fingerprint density at radius 2 is 2.08 bits per heavy atom. The Morgan fingerprint density at radius 1 is 1.33 bits per heavy atom. The van der Waals surface area contributed by atoms with Gasteiger partial charge in [0.25, 0.3) is 0 Å². The average molecular weight is 201 g/mol. The number of imidazole rings is 1. The van der Waals surface area contributed by atoms with Gasteiger partial charge in [-0.3, -0.25) is 0 Å². The summed E-state index contributed by atoms with van der Waals surface area (Å²) in [4.78, 5) is 4.12. The Balaban J connectivity index is 2.88. The molecule has 0 bridgehead atoms. The molecule has 0 saturated carbocycles. The molecule has 62 valence electrons. The standard InChI is InChI=1S/C8H6Cl2N2/c1-5-2-6(9)3-12-4-7(10)11-8(5)12/h2-4H,1H3. The highest BCUT2D eigenvalue weighted by atomic mass is 35.5. The van der Waals surface area contributed by atoms with Crippen LogP contribution in [0, 0.1) is 6.92 Å². The van der Waals surface area contributed by atoms with E-state index in [-0.39, 0.29) is 0 Å². The third kappa shape index (κ3) is 1.17. The van der Waals surface area contributed by atoms with Crippen LogP contribution in [0.15, 0.2) is 18.5 Å². The van der Waals surface area contributed by atoms with Crippen molar-refractivity contribution in [3.05, 3.63) is 34.2 Å². The van der Waals surface area contributed by atoms with Gasteiger partial charge in [0.15, 0.2) is 0 Å². The van der Waals surface area contributed by atoms with Crippen molar-refractivity contribution in [1.29, 1.82) is 0 Å². The Morgan fingerprint density at radius 3 is 2.83 bits per heavy atom. The zero-order valence-electron chi connectivity index (χ0n) is 6.38. The summed E-state index contributed by atoms with van der Waals surface area (Å²) in [7, 11) is 0. The molecule has 0 N–H and O–H groups in total. The zero-order chi connectivity index (χ0) is 8.72. The van der Waals surface area contributed by atoms with E-state index < -0.39 is 0 Å². The lowest BCUT2D eigenvalue weighted by atomic mass is 10.3. The number of aryl methyl sites for hydroxylation is 1. The van der Waals surface area contributed by atoms with Crippen molar-refractivity contribution in [2.24, 2.45) is 0 Å². The van der Waals surface area contributed by atoms with Gasteiger partial charge in [0.1, 0.15) is 10.8 Å². The fraction of sp³-hybridized carbons (Fsp3) is 0.125. The molecule has 0 aliphatic heterocycles. The van der Waals surface area contributed by atoms with Crippen molar-refractivity contribution in [3.63, 3.8) is 0 Å². The van der Waals surface area contributed by atoms with E-state index in [2.05, 4.69) is 4.98 Å². The van der Waals surface area contributed by atoms with Gasteiger partial charge >= 0.3 is 0 Å². The van der Waals surface area contributed by atoms with Gasteiger partial charge in [-0.2, -0.15) is 0 Å². The van der Waals surface area contributed by atoms with E-state index in [9.17, 15) is 0 Å². The highest BCUT2D eigenvalue weighted by Crippen LogP contribution is 2.18. The van der Waals surface area contributed by atoms with E-state index in [0.717, 1.165) is 11.2 Å². The highest BCUT2D eigenvalue weighted by Gasteiger charge is 2.02. The smallest absolute Gasteiger partial charge is 0.148 e. The van der Waals surface area contributed by atoms with E-state index in [0.29, 0.717) is 10.2 Å². The fourth-order valence-corrected chi connectivity index (χ4v) is 1.65. The van der Waals surface area contributed by atoms with Gasteiger partial charge < -0.3 is 4.40 Å². The molecule has 0 saturated heterocycles. The summed E-state index contributed by atoms with van der Waals surface area (Å²) in [6.45, 7) is 1.95. The number of rotatable bonds is 0. The van der Waals surface area contributed by atoms with Crippen LogP contribution in [0.3, 0.4) is 0 Å². The van der Waals surface area contributed by atoms with Gasteiger partial charge in [0.2, 0.25) is 0 Å². The minimum Gasteiger partial charge on any atom is -0.304 e. The first kappa shape index (κ1) is 7.90. The van der Waals surface area contributed by atoms with Gasteiger partial charge in [-0.05, 0) is 18.6 Å². The third-order valence-corrected chi connectivity index (χ3v) is 2.06. The maximum atomic E-state index is 5.84. The summed E-state index contributed by atoms with van der Waals surface area (Å²) in [6, 6.07) is 1.86. The van der Waals surface area contributed by atoms with Gasteiger partial charge in [-0.25, -0.2) is 4.98 Å². The summed E-state index contributed by atoms with van der Waals surface area (Å²) >= 11 is 11.6. The maximum Gasteiger partial charge on any atom is 0.148 e. The first-order valence-electron chi connectivity index (χ1n) is 3.47. The number of fused-ring (bicyclic) bond motifs is 1. The molecule has 2 heterocycles.